The first-order chi connectivity index (χ1) is 15.9. The van der Waals surface area contributed by atoms with E-state index in [1.165, 1.54) is 36.9 Å². The summed E-state index contributed by atoms with van der Waals surface area (Å²) in [7, 11) is 6.01. The molecule has 0 atom stereocenters. The van der Waals surface area contributed by atoms with Gasteiger partial charge >= 0.3 is 0 Å². The van der Waals surface area contributed by atoms with E-state index >= 15 is 0 Å². The van der Waals surface area contributed by atoms with Crippen LogP contribution < -0.4 is 25.1 Å². The maximum Gasteiger partial charge on any atom is 0.279 e. The summed E-state index contributed by atoms with van der Waals surface area (Å²) in [6.07, 6.45) is 1.34. The van der Waals surface area contributed by atoms with E-state index in [1.54, 1.807) is 43.4 Å². The van der Waals surface area contributed by atoms with Crippen molar-refractivity contribution in [3.63, 3.8) is 0 Å². The third-order valence-electron chi connectivity index (χ3n) is 4.95. The molecular weight excluding hydrogens is 450 g/mol. The fraction of sp³-hybridized carbons (Fsp3) is 0.182. The molecule has 4 aromatic rings. The van der Waals surface area contributed by atoms with Gasteiger partial charge in [-0.2, -0.15) is 5.10 Å². The number of carbonyl (C=O) groups is 1. The molecule has 0 spiro atoms. The van der Waals surface area contributed by atoms with Crippen molar-refractivity contribution in [2.24, 2.45) is 7.05 Å². The van der Waals surface area contributed by atoms with Gasteiger partial charge in [0.15, 0.2) is 22.7 Å². The number of fused-ring (bicyclic) bond motifs is 1. The highest BCUT2D eigenvalue weighted by molar-refractivity contribution is 6.30. The van der Waals surface area contributed by atoms with Gasteiger partial charge in [0, 0.05) is 29.9 Å². The van der Waals surface area contributed by atoms with Gasteiger partial charge < -0.3 is 24.1 Å². The van der Waals surface area contributed by atoms with Crippen LogP contribution in [-0.4, -0.2) is 46.6 Å². The van der Waals surface area contributed by atoms with Crippen molar-refractivity contribution < 1.29 is 19.0 Å². The van der Waals surface area contributed by atoms with Crippen molar-refractivity contribution in [3.05, 3.63) is 63.8 Å². The van der Waals surface area contributed by atoms with Crippen molar-refractivity contribution >= 4 is 34.2 Å². The van der Waals surface area contributed by atoms with E-state index in [4.69, 9.17) is 25.8 Å². The number of nitrogens with zero attached hydrogens (tertiary/aromatic N) is 4. The summed E-state index contributed by atoms with van der Waals surface area (Å²) in [6, 6.07) is 9.90. The maximum atomic E-state index is 13.2. The van der Waals surface area contributed by atoms with Crippen LogP contribution in [0.25, 0.3) is 16.7 Å². The van der Waals surface area contributed by atoms with Gasteiger partial charge in [0.05, 0.1) is 33.3 Å². The molecule has 10 nitrogen and oxygen atoms in total. The monoisotopic (exact) mass is 469 g/mol. The lowest BCUT2D eigenvalue weighted by molar-refractivity contribution is 0.102. The number of halogens is 1. The molecule has 2 aromatic heterocycles. The molecule has 1 N–H and O–H groups in total. The highest BCUT2D eigenvalue weighted by Gasteiger charge is 2.23. The molecule has 33 heavy (non-hydrogen) atoms. The van der Waals surface area contributed by atoms with Crippen molar-refractivity contribution in [2.45, 2.75) is 0 Å². The Morgan fingerprint density at radius 1 is 1.03 bits per heavy atom. The van der Waals surface area contributed by atoms with Gasteiger partial charge in [-0.15, -0.1) is 0 Å². The number of methoxy groups -OCH3 is 3. The number of aromatic nitrogens is 4. The molecule has 0 aliphatic carbocycles. The van der Waals surface area contributed by atoms with Crippen molar-refractivity contribution in [1.82, 2.24) is 19.3 Å². The first-order valence-electron chi connectivity index (χ1n) is 9.69. The zero-order valence-electron chi connectivity index (χ0n) is 18.2. The summed E-state index contributed by atoms with van der Waals surface area (Å²) in [5, 5.41) is 7.69. The highest BCUT2D eigenvalue weighted by atomic mass is 35.5. The maximum absolute atomic E-state index is 13.2. The zero-order valence-corrected chi connectivity index (χ0v) is 19.0. The Hall–Kier alpha value is -4.05. The lowest BCUT2D eigenvalue weighted by atomic mass is 10.2. The van der Waals surface area contributed by atoms with Gasteiger partial charge in [0.2, 0.25) is 5.75 Å². The molecule has 0 aliphatic rings. The van der Waals surface area contributed by atoms with Crippen LogP contribution >= 0.6 is 11.6 Å². The van der Waals surface area contributed by atoms with Gasteiger partial charge in [-0.1, -0.05) is 11.6 Å². The predicted molar refractivity (Wildman–Crippen MR) is 123 cm³/mol. The lowest BCUT2D eigenvalue weighted by Crippen LogP contribution is -2.19. The van der Waals surface area contributed by atoms with E-state index in [0.29, 0.717) is 33.6 Å². The topological polar surface area (TPSA) is 110 Å². The minimum Gasteiger partial charge on any atom is -0.493 e. The number of rotatable bonds is 6. The third-order valence-corrected chi connectivity index (χ3v) is 5.20. The average molecular weight is 470 g/mol. The summed E-state index contributed by atoms with van der Waals surface area (Å²) < 4.78 is 18.7. The van der Waals surface area contributed by atoms with Gasteiger partial charge in [0.1, 0.15) is 5.52 Å². The number of anilines is 1. The Kier molecular flexibility index (Phi) is 5.93. The van der Waals surface area contributed by atoms with E-state index in [0.717, 1.165) is 0 Å². The number of amides is 1. The molecule has 0 saturated heterocycles. The molecule has 2 aromatic carbocycles. The van der Waals surface area contributed by atoms with Gasteiger partial charge in [-0.3, -0.25) is 9.59 Å². The Labute approximate surface area is 193 Å². The summed E-state index contributed by atoms with van der Waals surface area (Å²) in [5.74, 6) is 0.565. The number of aryl methyl sites for hydroxylation is 1. The molecule has 0 aliphatic heterocycles. The number of ether oxygens (including phenoxy) is 3. The van der Waals surface area contributed by atoms with Gasteiger partial charge in [0.25, 0.3) is 11.5 Å². The first-order valence-corrected chi connectivity index (χ1v) is 10.1. The molecule has 4 rings (SSSR count). The fourth-order valence-electron chi connectivity index (χ4n) is 3.35. The molecule has 11 heteroatoms. The largest absolute Gasteiger partial charge is 0.493 e. The van der Waals surface area contributed by atoms with Gasteiger partial charge in [-0.05, 0) is 24.3 Å². The molecule has 2 heterocycles. The average Bonchev–Trinajstić information content (AvgIpc) is 3.21. The molecule has 0 fully saturated rings. The summed E-state index contributed by atoms with van der Waals surface area (Å²) in [6.45, 7) is 0. The standard InChI is InChI=1S/C22H20ClN5O5/c1-27-11-24-17-18(26-28(19(17)22(27)30)14-7-5-12(23)6-8-14)21(29)25-13-9-15(31-2)20(33-4)16(10-13)32-3/h5-11H,1-4H3,(H,25,29). The van der Waals surface area contributed by atoms with Crippen LogP contribution in [0.5, 0.6) is 17.2 Å². The van der Waals surface area contributed by atoms with Gasteiger partial charge in [-0.25, -0.2) is 9.67 Å². The second kappa shape index (κ2) is 8.83. The van der Waals surface area contributed by atoms with E-state index in [1.807, 2.05) is 0 Å². The summed E-state index contributed by atoms with van der Waals surface area (Å²) in [4.78, 5) is 30.4. The number of benzene rings is 2. The van der Waals surface area contributed by atoms with Crippen LogP contribution in [0.2, 0.25) is 5.02 Å². The van der Waals surface area contributed by atoms with Crippen LogP contribution in [0.15, 0.2) is 47.5 Å². The van der Waals surface area contributed by atoms with Crippen LogP contribution in [-0.2, 0) is 7.05 Å². The smallest absolute Gasteiger partial charge is 0.279 e. The zero-order chi connectivity index (χ0) is 23.7. The Morgan fingerprint density at radius 2 is 1.67 bits per heavy atom. The predicted octanol–water partition coefficient (Wildman–Crippen LogP) is 3.05. The molecular formula is C22H20ClN5O5. The Morgan fingerprint density at radius 3 is 2.24 bits per heavy atom. The SMILES string of the molecule is COc1cc(NC(=O)c2nn(-c3ccc(Cl)cc3)c3c(=O)n(C)cnc23)cc(OC)c1OC. The number of hydrogen-bond acceptors (Lipinski definition) is 7. The molecule has 0 unspecified atom stereocenters. The molecule has 1 amide bonds. The van der Waals surface area contributed by atoms with Crippen molar-refractivity contribution in [1.29, 1.82) is 0 Å². The van der Waals surface area contributed by atoms with Crippen LogP contribution in [0.4, 0.5) is 5.69 Å². The lowest BCUT2D eigenvalue weighted by Gasteiger charge is -2.14. The van der Waals surface area contributed by atoms with E-state index < -0.39 is 5.91 Å². The highest BCUT2D eigenvalue weighted by Crippen LogP contribution is 2.40. The number of nitrogens with one attached hydrogen (secondary N) is 1. The molecule has 170 valence electrons. The third kappa shape index (κ3) is 3.96. The van der Waals surface area contributed by atoms with Crippen molar-refractivity contribution in [2.75, 3.05) is 26.6 Å². The fourth-order valence-corrected chi connectivity index (χ4v) is 3.48. The summed E-state index contributed by atoms with van der Waals surface area (Å²) >= 11 is 5.99. The molecule has 0 saturated carbocycles. The molecule has 0 radical (unpaired) electrons. The van der Waals surface area contributed by atoms with Crippen LogP contribution in [0.1, 0.15) is 10.5 Å². The first kappa shape index (κ1) is 22.2. The van der Waals surface area contributed by atoms with Crippen LogP contribution in [0.3, 0.4) is 0 Å². The minimum atomic E-state index is -0.567. The van der Waals surface area contributed by atoms with Crippen LogP contribution in [0, 0.1) is 0 Å². The van der Waals surface area contributed by atoms with E-state index in [-0.39, 0.29) is 22.3 Å². The minimum absolute atomic E-state index is 0.0219. The van der Waals surface area contributed by atoms with Crippen molar-refractivity contribution in [3.8, 4) is 22.9 Å². The Bertz CT molecular complexity index is 1390. The quantitative estimate of drug-likeness (QED) is 0.462. The number of hydrogen-bond donors (Lipinski definition) is 1. The Balaban J connectivity index is 1.82. The normalized spacial score (nSPS) is 10.8. The van der Waals surface area contributed by atoms with E-state index in [9.17, 15) is 9.59 Å². The van der Waals surface area contributed by atoms with E-state index in [2.05, 4.69) is 15.4 Å². The summed E-state index contributed by atoms with van der Waals surface area (Å²) in [5.41, 5.74) is 0.893. The number of carbonyl (C=O) groups excluding carboxylic acids is 1. The second-order valence-corrected chi connectivity index (χ2v) is 7.40. The molecule has 0 bridgehead atoms. The second-order valence-electron chi connectivity index (χ2n) is 6.96.